The number of nitrogens with zero attached hydrogens (tertiary/aromatic N) is 1. The van der Waals surface area contributed by atoms with Gasteiger partial charge in [0.2, 0.25) is 0 Å². The number of Topliss-reactive ketones (excluding diaryl/α,β-unsaturated/α-hetero) is 1. The van der Waals surface area contributed by atoms with Crippen LogP contribution in [0, 0.1) is 5.82 Å². The van der Waals surface area contributed by atoms with Crippen LogP contribution < -0.4 is 4.74 Å². The van der Waals surface area contributed by atoms with E-state index in [-0.39, 0.29) is 24.3 Å². The first kappa shape index (κ1) is 16.3. The second-order valence-corrected chi connectivity index (χ2v) is 4.97. The Morgan fingerprint density at radius 3 is 2.68 bits per heavy atom. The van der Waals surface area contributed by atoms with Crippen LogP contribution in [-0.2, 0) is 4.79 Å². The summed E-state index contributed by atoms with van der Waals surface area (Å²) in [5.41, 5.74) is 0.0727. The van der Waals surface area contributed by atoms with E-state index in [1.165, 1.54) is 13.0 Å². The molecule has 0 spiro atoms. The molecular weight excluding hydrogens is 306 g/mol. The molecule has 0 N–H and O–H groups in total. The quantitative estimate of drug-likeness (QED) is 0.633. The number of hydrogen-bond acceptors (Lipinski definition) is 3. The lowest BCUT2D eigenvalue weighted by Gasteiger charge is -2.19. The average molecular weight is 319 g/mol. The highest BCUT2D eigenvalue weighted by atomic mass is 19.4. The molecule has 1 amide bonds. The van der Waals surface area contributed by atoms with Crippen LogP contribution in [0.3, 0.4) is 0 Å². The number of rotatable bonds is 4. The van der Waals surface area contributed by atoms with Crippen molar-refractivity contribution in [2.75, 3.05) is 13.1 Å². The van der Waals surface area contributed by atoms with Gasteiger partial charge in [-0.05, 0) is 19.1 Å². The highest BCUT2D eigenvalue weighted by Crippen LogP contribution is 2.27. The maximum absolute atomic E-state index is 13.2. The average Bonchev–Trinajstić information content (AvgIpc) is 2.69. The molecular formula is C14H13F4NO3. The van der Waals surface area contributed by atoms with Crippen molar-refractivity contribution in [1.29, 1.82) is 0 Å². The molecule has 0 unspecified atom stereocenters. The summed E-state index contributed by atoms with van der Waals surface area (Å²) in [6, 6.07) is 3.21. The van der Waals surface area contributed by atoms with E-state index < -0.39 is 36.3 Å². The Morgan fingerprint density at radius 2 is 2.09 bits per heavy atom. The highest BCUT2D eigenvalue weighted by Gasteiger charge is 2.40. The van der Waals surface area contributed by atoms with Crippen LogP contribution in [0.5, 0.6) is 5.75 Å². The first-order chi connectivity index (χ1) is 10.2. The number of ether oxygens (including phenoxy) is 1. The second kappa shape index (κ2) is 5.94. The van der Waals surface area contributed by atoms with Crippen molar-refractivity contribution in [3.8, 4) is 5.75 Å². The zero-order chi connectivity index (χ0) is 16.5. The number of hydrogen-bond donors (Lipinski definition) is 0. The Labute approximate surface area is 123 Å². The van der Waals surface area contributed by atoms with Gasteiger partial charge in [0, 0.05) is 19.0 Å². The molecule has 1 atom stereocenters. The molecule has 1 fully saturated rings. The van der Waals surface area contributed by atoms with E-state index in [1.54, 1.807) is 0 Å². The molecule has 0 saturated carbocycles. The van der Waals surface area contributed by atoms with E-state index >= 15 is 0 Å². The van der Waals surface area contributed by atoms with Crippen LogP contribution in [0.25, 0.3) is 0 Å². The normalized spacial score (nSPS) is 18.7. The van der Waals surface area contributed by atoms with Gasteiger partial charge in [-0.1, -0.05) is 0 Å². The third kappa shape index (κ3) is 3.75. The van der Waals surface area contributed by atoms with Crippen LogP contribution in [-0.4, -0.2) is 42.0 Å². The third-order valence-electron chi connectivity index (χ3n) is 3.21. The minimum atomic E-state index is -4.49. The van der Waals surface area contributed by atoms with E-state index in [9.17, 15) is 27.2 Å². The number of carbonyl (C=O) groups excluding carboxylic acids is 2. The second-order valence-electron chi connectivity index (χ2n) is 4.97. The lowest BCUT2D eigenvalue weighted by molar-refractivity contribution is -0.159. The fourth-order valence-corrected chi connectivity index (χ4v) is 2.23. The maximum Gasteiger partial charge on any atom is 0.406 e. The van der Waals surface area contributed by atoms with Gasteiger partial charge in [0.15, 0.2) is 11.9 Å². The van der Waals surface area contributed by atoms with Gasteiger partial charge in [-0.2, -0.15) is 13.2 Å². The third-order valence-corrected chi connectivity index (χ3v) is 3.21. The number of halogens is 4. The van der Waals surface area contributed by atoms with Crippen LogP contribution in [0.15, 0.2) is 18.2 Å². The molecule has 1 saturated heterocycles. The monoisotopic (exact) mass is 319 g/mol. The minimum absolute atomic E-state index is 0.0444. The summed E-state index contributed by atoms with van der Waals surface area (Å²) in [7, 11) is 0. The molecule has 1 aromatic rings. The number of likely N-dealkylation sites (tertiary alicyclic amines) is 1. The van der Waals surface area contributed by atoms with Crippen molar-refractivity contribution in [3.05, 3.63) is 29.6 Å². The Bertz CT molecular complexity index is 600. The topological polar surface area (TPSA) is 46.6 Å². The van der Waals surface area contributed by atoms with Gasteiger partial charge >= 0.3 is 6.18 Å². The summed E-state index contributed by atoms with van der Waals surface area (Å²) >= 11 is 0. The van der Waals surface area contributed by atoms with E-state index in [1.807, 2.05) is 0 Å². The van der Waals surface area contributed by atoms with Crippen LogP contribution in [0.4, 0.5) is 17.6 Å². The highest BCUT2D eigenvalue weighted by molar-refractivity contribution is 5.97. The maximum atomic E-state index is 13.2. The van der Waals surface area contributed by atoms with Gasteiger partial charge in [0.1, 0.15) is 18.1 Å². The molecule has 0 radical (unpaired) electrons. The molecule has 0 aromatic heterocycles. The molecule has 1 aliphatic rings. The van der Waals surface area contributed by atoms with Gasteiger partial charge in [-0.3, -0.25) is 9.59 Å². The Balaban J connectivity index is 2.14. The predicted octanol–water partition coefficient (Wildman–Crippen LogP) is 2.57. The number of carbonyl (C=O) groups is 2. The van der Waals surface area contributed by atoms with E-state index in [0.29, 0.717) is 4.90 Å². The Morgan fingerprint density at radius 1 is 1.41 bits per heavy atom. The molecule has 8 heteroatoms. The number of ketones is 1. The van der Waals surface area contributed by atoms with E-state index in [0.717, 1.165) is 12.1 Å². The lowest BCUT2D eigenvalue weighted by atomic mass is 10.1. The van der Waals surface area contributed by atoms with Crippen molar-refractivity contribution in [1.82, 2.24) is 4.90 Å². The van der Waals surface area contributed by atoms with Crippen LogP contribution in [0.2, 0.25) is 0 Å². The first-order valence-corrected chi connectivity index (χ1v) is 6.50. The minimum Gasteiger partial charge on any atom is -0.480 e. The van der Waals surface area contributed by atoms with Crippen molar-refractivity contribution < 1.29 is 31.9 Å². The summed E-state index contributed by atoms with van der Waals surface area (Å²) in [5.74, 6) is -2.03. The van der Waals surface area contributed by atoms with Gasteiger partial charge in [-0.25, -0.2) is 4.39 Å². The molecule has 1 aliphatic heterocycles. The fraction of sp³-hybridized carbons (Fsp3) is 0.429. The zero-order valence-electron chi connectivity index (χ0n) is 11.6. The molecule has 1 aromatic carbocycles. The molecule has 0 bridgehead atoms. The van der Waals surface area contributed by atoms with Crippen LogP contribution >= 0.6 is 0 Å². The van der Waals surface area contributed by atoms with Crippen molar-refractivity contribution in [3.63, 3.8) is 0 Å². The Kier molecular flexibility index (Phi) is 4.39. The van der Waals surface area contributed by atoms with Crippen LogP contribution in [0.1, 0.15) is 23.7 Å². The van der Waals surface area contributed by atoms with Crippen molar-refractivity contribution >= 4 is 11.7 Å². The number of amides is 1. The molecule has 120 valence electrons. The van der Waals surface area contributed by atoms with Gasteiger partial charge in [-0.15, -0.1) is 0 Å². The number of benzene rings is 1. The Hall–Kier alpha value is -2.12. The molecule has 0 aliphatic carbocycles. The summed E-state index contributed by atoms with van der Waals surface area (Å²) in [5, 5.41) is 0. The standard InChI is InChI=1S/C14H13F4NO3/c1-8(20)10-3-2-9(15)6-12(10)22-11-4-5-19(13(11)21)7-14(16,17)18/h2-3,6,11H,4-5,7H2,1H3/t11-/m0/s1. The summed E-state index contributed by atoms with van der Waals surface area (Å²) < 4.78 is 55.5. The number of alkyl halides is 3. The van der Waals surface area contributed by atoms with Gasteiger partial charge in [0.25, 0.3) is 5.91 Å². The molecule has 2 rings (SSSR count). The smallest absolute Gasteiger partial charge is 0.406 e. The summed E-state index contributed by atoms with van der Waals surface area (Å²) in [6.45, 7) is -0.214. The van der Waals surface area contributed by atoms with E-state index in [2.05, 4.69) is 0 Å². The molecule has 1 heterocycles. The summed E-state index contributed by atoms with van der Waals surface area (Å²) in [6.07, 6.45) is -5.60. The van der Waals surface area contributed by atoms with E-state index in [4.69, 9.17) is 4.74 Å². The molecule has 22 heavy (non-hydrogen) atoms. The fourth-order valence-electron chi connectivity index (χ4n) is 2.23. The zero-order valence-corrected chi connectivity index (χ0v) is 11.6. The lowest BCUT2D eigenvalue weighted by Crippen LogP contribution is -2.38. The SMILES string of the molecule is CC(=O)c1ccc(F)cc1O[C@H]1CCN(CC(F)(F)F)C1=O. The molecule has 4 nitrogen and oxygen atoms in total. The van der Waals surface area contributed by atoms with Crippen molar-refractivity contribution in [2.24, 2.45) is 0 Å². The van der Waals surface area contributed by atoms with Gasteiger partial charge in [0.05, 0.1) is 5.56 Å². The summed E-state index contributed by atoms with van der Waals surface area (Å²) in [4.78, 5) is 24.0. The largest absolute Gasteiger partial charge is 0.480 e. The predicted molar refractivity (Wildman–Crippen MR) is 68.1 cm³/mol. The van der Waals surface area contributed by atoms with Crippen molar-refractivity contribution in [2.45, 2.75) is 25.6 Å². The van der Waals surface area contributed by atoms with Gasteiger partial charge < -0.3 is 9.64 Å². The first-order valence-electron chi connectivity index (χ1n) is 6.50.